The van der Waals surface area contributed by atoms with Crippen molar-refractivity contribution in [3.05, 3.63) is 56.7 Å². The third-order valence-electron chi connectivity index (χ3n) is 4.51. The Bertz CT molecular complexity index is 908. The number of nitrogens with one attached hydrogen (secondary N) is 2. The van der Waals surface area contributed by atoms with Gasteiger partial charge in [-0.2, -0.15) is 5.10 Å². The number of aromatic amines is 2. The van der Waals surface area contributed by atoms with Crippen LogP contribution in [0.15, 0.2) is 29.1 Å². The highest BCUT2D eigenvalue weighted by atomic mass is 35.5. The zero-order valence-corrected chi connectivity index (χ0v) is 13.4. The molecule has 4 rings (SSSR count). The van der Waals surface area contributed by atoms with Gasteiger partial charge in [0.15, 0.2) is 5.52 Å². The topological polar surface area (TPSA) is 74.4 Å². The van der Waals surface area contributed by atoms with E-state index < -0.39 is 0 Å². The van der Waals surface area contributed by atoms with Crippen LogP contribution in [0.2, 0.25) is 5.02 Å². The Kier molecular flexibility index (Phi) is 3.65. The standard InChI is InChI=1S/C17H17ClN4O/c18-12-7-3-4-10(8-12)9-13-19-15-14(11-5-1-2-6-11)21-22-16(15)17(23)20-13/h3-4,7-8,11H,1-2,5-6,9H2,(H,21,22)(H,19,20,23). The van der Waals surface area contributed by atoms with Gasteiger partial charge in [0.2, 0.25) is 0 Å². The first-order valence-electron chi connectivity index (χ1n) is 7.92. The normalized spacial score (nSPS) is 15.5. The summed E-state index contributed by atoms with van der Waals surface area (Å²) < 4.78 is 0. The predicted octanol–water partition coefficient (Wildman–Crippen LogP) is 3.55. The number of hydrogen-bond acceptors (Lipinski definition) is 3. The molecule has 0 aliphatic heterocycles. The minimum absolute atomic E-state index is 0.187. The molecule has 6 heteroatoms. The molecule has 2 heterocycles. The molecule has 0 atom stereocenters. The van der Waals surface area contributed by atoms with Gasteiger partial charge in [-0.1, -0.05) is 36.6 Å². The second kappa shape index (κ2) is 5.81. The van der Waals surface area contributed by atoms with E-state index in [1.54, 1.807) is 0 Å². The van der Waals surface area contributed by atoms with Gasteiger partial charge in [-0.3, -0.25) is 9.89 Å². The second-order valence-electron chi connectivity index (χ2n) is 6.14. The van der Waals surface area contributed by atoms with Gasteiger partial charge in [-0.25, -0.2) is 4.98 Å². The van der Waals surface area contributed by atoms with Crippen LogP contribution in [0.3, 0.4) is 0 Å². The Labute approximate surface area is 138 Å². The lowest BCUT2D eigenvalue weighted by molar-refractivity contribution is 0.696. The van der Waals surface area contributed by atoms with Crippen molar-refractivity contribution in [2.24, 2.45) is 0 Å². The summed E-state index contributed by atoms with van der Waals surface area (Å²) in [4.78, 5) is 19.8. The molecular weight excluding hydrogens is 312 g/mol. The highest BCUT2D eigenvalue weighted by molar-refractivity contribution is 6.30. The smallest absolute Gasteiger partial charge is 0.279 e. The zero-order valence-electron chi connectivity index (χ0n) is 12.6. The molecule has 1 saturated carbocycles. The van der Waals surface area contributed by atoms with E-state index in [9.17, 15) is 4.79 Å². The molecule has 0 radical (unpaired) electrons. The first-order chi connectivity index (χ1) is 11.2. The number of hydrogen-bond donors (Lipinski definition) is 2. The van der Waals surface area contributed by atoms with Gasteiger partial charge in [0.25, 0.3) is 5.56 Å². The van der Waals surface area contributed by atoms with Gasteiger partial charge in [-0.05, 0) is 30.5 Å². The van der Waals surface area contributed by atoms with Gasteiger partial charge in [0, 0.05) is 17.4 Å². The number of nitrogens with zero attached hydrogens (tertiary/aromatic N) is 2. The van der Waals surface area contributed by atoms with Crippen molar-refractivity contribution >= 4 is 22.6 Å². The van der Waals surface area contributed by atoms with E-state index >= 15 is 0 Å². The Hall–Kier alpha value is -2.14. The molecule has 2 N–H and O–H groups in total. The summed E-state index contributed by atoms with van der Waals surface area (Å²) in [5, 5.41) is 7.90. The molecule has 0 unspecified atom stereocenters. The van der Waals surface area contributed by atoms with Crippen molar-refractivity contribution in [3.63, 3.8) is 0 Å². The van der Waals surface area contributed by atoms with Crippen molar-refractivity contribution < 1.29 is 0 Å². The number of aromatic nitrogens is 4. The molecule has 3 aromatic rings. The van der Waals surface area contributed by atoms with Crippen LogP contribution in [0, 0.1) is 0 Å². The van der Waals surface area contributed by atoms with Gasteiger partial charge in [0.05, 0.1) is 5.69 Å². The molecule has 2 aromatic heterocycles. The fraction of sp³-hybridized carbons (Fsp3) is 0.353. The van der Waals surface area contributed by atoms with E-state index in [2.05, 4.69) is 20.2 Å². The van der Waals surface area contributed by atoms with Crippen LogP contribution >= 0.6 is 11.6 Å². The van der Waals surface area contributed by atoms with E-state index in [4.69, 9.17) is 11.6 Å². The van der Waals surface area contributed by atoms with E-state index in [0.29, 0.717) is 28.7 Å². The Morgan fingerprint density at radius 2 is 2.04 bits per heavy atom. The van der Waals surface area contributed by atoms with Crippen molar-refractivity contribution in [2.45, 2.75) is 38.0 Å². The SMILES string of the molecule is O=c1[nH]c(Cc2cccc(Cl)c2)nc2c(C3CCCC3)[nH]nc12. The van der Waals surface area contributed by atoms with Crippen LogP contribution in [0.25, 0.3) is 11.0 Å². The fourth-order valence-electron chi connectivity index (χ4n) is 3.40. The lowest BCUT2D eigenvalue weighted by Crippen LogP contribution is -2.12. The summed E-state index contributed by atoms with van der Waals surface area (Å²) in [6.07, 6.45) is 5.26. The van der Waals surface area contributed by atoms with E-state index in [0.717, 1.165) is 29.6 Å². The van der Waals surface area contributed by atoms with Crippen LogP contribution in [0.5, 0.6) is 0 Å². The summed E-state index contributed by atoms with van der Waals surface area (Å²) in [5.41, 5.74) is 2.97. The molecule has 0 spiro atoms. The third kappa shape index (κ3) is 2.77. The van der Waals surface area contributed by atoms with Crippen molar-refractivity contribution in [3.8, 4) is 0 Å². The number of halogens is 1. The summed E-state index contributed by atoms with van der Waals surface area (Å²) in [6.45, 7) is 0. The van der Waals surface area contributed by atoms with Crippen molar-refractivity contribution in [2.75, 3.05) is 0 Å². The largest absolute Gasteiger partial charge is 0.308 e. The molecule has 23 heavy (non-hydrogen) atoms. The first-order valence-corrected chi connectivity index (χ1v) is 8.30. The Morgan fingerprint density at radius 1 is 1.22 bits per heavy atom. The van der Waals surface area contributed by atoms with Crippen molar-refractivity contribution in [1.82, 2.24) is 20.2 Å². The van der Waals surface area contributed by atoms with Crippen LogP contribution in [0.4, 0.5) is 0 Å². The molecule has 118 valence electrons. The van der Waals surface area contributed by atoms with Gasteiger partial charge >= 0.3 is 0 Å². The average molecular weight is 329 g/mol. The van der Waals surface area contributed by atoms with Crippen LogP contribution in [0.1, 0.15) is 48.7 Å². The average Bonchev–Trinajstić information content (AvgIpc) is 3.15. The van der Waals surface area contributed by atoms with Gasteiger partial charge < -0.3 is 4.98 Å². The molecular formula is C17H17ClN4O. The van der Waals surface area contributed by atoms with Crippen LogP contribution in [-0.2, 0) is 6.42 Å². The van der Waals surface area contributed by atoms with Crippen LogP contribution in [-0.4, -0.2) is 20.2 Å². The van der Waals surface area contributed by atoms with Gasteiger partial charge in [-0.15, -0.1) is 0 Å². The number of rotatable bonds is 3. The Morgan fingerprint density at radius 3 is 2.83 bits per heavy atom. The van der Waals surface area contributed by atoms with Crippen molar-refractivity contribution in [1.29, 1.82) is 0 Å². The lowest BCUT2D eigenvalue weighted by Gasteiger charge is -2.07. The first kappa shape index (κ1) is 14.5. The minimum Gasteiger partial charge on any atom is -0.308 e. The highest BCUT2D eigenvalue weighted by Gasteiger charge is 2.23. The summed E-state index contributed by atoms with van der Waals surface area (Å²) in [6, 6.07) is 7.59. The number of fused-ring (bicyclic) bond motifs is 1. The van der Waals surface area contributed by atoms with E-state index in [1.165, 1.54) is 12.8 Å². The monoisotopic (exact) mass is 328 g/mol. The second-order valence-corrected chi connectivity index (χ2v) is 6.57. The molecule has 0 amide bonds. The fourth-order valence-corrected chi connectivity index (χ4v) is 3.61. The molecule has 1 aliphatic rings. The van der Waals surface area contributed by atoms with E-state index in [1.807, 2.05) is 24.3 Å². The molecule has 0 saturated heterocycles. The maximum Gasteiger partial charge on any atom is 0.279 e. The summed E-state index contributed by atoms with van der Waals surface area (Å²) in [5.74, 6) is 1.08. The third-order valence-corrected chi connectivity index (χ3v) is 4.75. The minimum atomic E-state index is -0.187. The zero-order chi connectivity index (χ0) is 15.8. The predicted molar refractivity (Wildman–Crippen MR) is 90.0 cm³/mol. The van der Waals surface area contributed by atoms with Gasteiger partial charge in [0.1, 0.15) is 11.3 Å². The number of H-pyrrole nitrogens is 2. The number of benzene rings is 1. The highest BCUT2D eigenvalue weighted by Crippen LogP contribution is 2.35. The molecule has 5 nitrogen and oxygen atoms in total. The molecule has 1 fully saturated rings. The van der Waals surface area contributed by atoms with E-state index in [-0.39, 0.29) is 5.56 Å². The quantitative estimate of drug-likeness (QED) is 0.772. The lowest BCUT2D eigenvalue weighted by atomic mass is 10.0. The molecule has 1 aromatic carbocycles. The maximum atomic E-state index is 12.3. The molecule has 1 aliphatic carbocycles. The summed E-state index contributed by atoms with van der Waals surface area (Å²) in [7, 11) is 0. The Balaban J connectivity index is 1.75. The van der Waals surface area contributed by atoms with Crippen LogP contribution < -0.4 is 5.56 Å². The maximum absolute atomic E-state index is 12.3. The summed E-state index contributed by atoms with van der Waals surface area (Å²) >= 11 is 6.02. The molecule has 0 bridgehead atoms.